The van der Waals surface area contributed by atoms with Crippen LogP contribution in [0, 0.1) is 0 Å². The number of nitrogens with zero attached hydrogens (tertiary/aromatic N) is 1. The molecule has 3 rings (SSSR count). The van der Waals surface area contributed by atoms with Gasteiger partial charge in [-0.1, -0.05) is 48.6 Å². The van der Waals surface area contributed by atoms with E-state index < -0.39 is 0 Å². The zero-order valence-electron chi connectivity index (χ0n) is 8.55. The number of fused-ring (bicyclic) bond motifs is 3. The molecule has 0 bridgehead atoms. The van der Waals surface area contributed by atoms with Crippen molar-refractivity contribution in [3.8, 4) is 0 Å². The average Bonchev–Trinajstić information content (AvgIpc) is 2.73. The normalized spacial score (nSPS) is 17.1. The number of benzene rings is 2. The minimum atomic E-state index is -0.168. The van der Waals surface area contributed by atoms with Crippen LogP contribution in [0.25, 0.3) is 16.8 Å². The molecule has 1 atom stereocenters. The van der Waals surface area contributed by atoms with E-state index in [1.807, 2.05) is 24.3 Å². The van der Waals surface area contributed by atoms with Crippen molar-refractivity contribution >= 4 is 22.9 Å². The van der Waals surface area contributed by atoms with Crippen molar-refractivity contribution in [2.45, 2.75) is 6.04 Å². The highest BCUT2D eigenvalue weighted by molar-refractivity contribution is 5.91. The first-order chi connectivity index (χ1) is 7.90. The van der Waals surface area contributed by atoms with E-state index >= 15 is 0 Å². The van der Waals surface area contributed by atoms with Gasteiger partial charge in [0.1, 0.15) is 6.04 Å². The number of hydrogen-bond acceptors (Lipinski definition) is 2. The molecule has 0 saturated carbocycles. The third kappa shape index (κ3) is 1.21. The molecule has 76 valence electrons. The second-order valence-electron chi connectivity index (χ2n) is 3.81. The second-order valence-corrected chi connectivity index (χ2v) is 3.81. The van der Waals surface area contributed by atoms with Crippen LogP contribution >= 0.6 is 0 Å². The first-order valence-corrected chi connectivity index (χ1v) is 5.17. The Morgan fingerprint density at radius 1 is 1.12 bits per heavy atom. The maximum atomic E-state index is 10.4. The van der Waals surface area contributed by atoms with Gasteiger partial charge in [-0.15, -0.1) is 0 Å². The van der Waals surface area contributed by atoms with Gasteiger partial charge in [0.15, 0.2) is 0 Å². The Morgan fingerprint density at radius 2 is 2.00 bits per heavy atom. The lowest BCUT2D eigenvalue weighted by molar-refractivity contribution is 0.561. The Labute approximate surface area is 92.9 Å². The number of aliphatic imine (C=N–C) groups is 1. The summed E-state index contributed by atoms with van der Waals surface area (Å²) >= 11 is 0. The summed E-state index contributed by atoms with van der Waals surface area (Å²) in [6, 6.07) is 12.1. The molecular weight excluding hydrogens is 198 g/mol. The maximum Gasteiger partial charge on any atom is 0.235 e. The number of rotatable bonds is 1. The maximum absolute atomic E-state index is 10.4. The van der Waals surface area contributed by atoms with Crippen molar-refractivity contribution < 1.29 is 4.79 Å². The van der Waals surface area contributed by atoms with E-state index in [2.05, 4.69) is 29.3 Å². The Bertz CT molecular complexity index is 636. The highest BCUT2D eigenvalue weighted by Crippen LogP contribution is 2.36. The van der Waals surface area contributed by atoms with E-state index in [9.17, 15) is 4.79 Å². The average molecular weight is 207 g/mol. The quantitative estimate of drug-likeness (QED) is 0.521. The van der Waals surface area contributed by atoms with Gasteiger partial charge in [0.05, 0.1) is 0 Å². The van der Waals surface area contributed by atoms with Crippen molar-refractivity contribution in [1.82, 2.24) is 0 Å². The zero-order valence-corrected chi connectivity index (χ0v) is 8.55. The molecule has 16 heavy (non-hydrogen) atoms. The molecule has 0 aromatic heterocycles. The summed E-state index contributed by atoms with van der Waals surface area (Å²) in [6.45, 7) is 0. The summed E-state index contributed by atoms with van der Waals surface area (Å²) < 4.78 is 0. The Balaban J connectivity index is 2.35. The van der Waals surface area contributed by atoms with E-state index in [0.29, 0.717) is 0 Å². The van der Waals surface area contributed by atoms with E-state index in [4.69, 9.17) is 0 Å². The number of isocyanates is 1. The lowest BCUT2D eigenvalue weighted by atomic mass is 9.98. The van der Waals surface area contributed by atoms with Gasteiger partial charge in [0.2, 0.25) is 6.08 Å². The fourth-order valence-electron chi connectivity index (χ4n) is 2.24. The van der Waals surface area contributed by atoms with E-state index in [1.54, 1.807) is 6.08 Å². The molecule has 1 unspecified atom stereocenters. The predicted octanol–water partition coefficient (Wildman–Crippen LogP) is 3.24. The minimum absolute atomic E-state index is 0.168. The summed E-state index contributed by atoms with van der Waals surface area (Å²) in [6.07, 6.45) is 5.58. The molecule has 0 amide bonds. The van der Waals surface area contributed by atoms with Crippen molar-refractivity contribution in [2.24, 2.45) is 4.99 Å². The van der Waals surface area contributed by atoms with Crippen molar-refractivity contribution in [3.63, 3.8) is 0 Å². The van der Waals surface area contributed by atoms with Crippen LogP contribution in [0.2, 0.25) is 0 Å². The zero-order chi connectivity index (χ0) is 11.0. The van der Waals surface area contributed by atoms with Gasteiger partial charge in [-0.05, 0) is 21.9 Å². The highest BCUT2D eigenvalue weighted by atomic mass is 16.1. The Hall–Kier alpha value is -2.18. The molecule has 0 heterocycles. The fraction of sp³-hybridized carbons (Fsp3) is 0.0714. The topological polar surface area (TPSA) is 29.4 Å². The van der Waals surface area contributed by atoms with Crippen LogP contribution in [0.4, 0.5) is 0 Å². The smallest absolute Gasteiger partial charge is 0.211 e. The summed E-state index contributed by atoms with van der Waals surface area (Å²) in [4.78, 5) is 14.2. The van der Waals surface area contributed by atoms with Crippen LogP contribution in [-0.2, 0) is 4.79 Å². The van der Waals surface area contributed by atoms with Gasteiger partial charge in [-0.25, -0.2) is 4.79 Å². The van der Waals surface area contributed by atoms with Crippen LogP contribution in [0.15, 0.2) is 47.5 Å². The van der Waals surface area contributed by atoms with Crippen molar-refractivity contribution in [3.05, 3.63) is 53.6 Å². The largest absolute Gasteiger partial charge is 0.235 e. The molecule has 0 spiro atoms. The van der Waals surface area contributed by atoms with Crippen molar-refractivity contribution in [2.75, 3.05) is 0 Å². The lowest BCUT2D eigenvalue weighted by Gasteiger charge is -2.08. The van der Waals surface area contributed by atoms with Crippen molar-refractivity contribution in [1.29, 1.82) is 0 Å². The molecule has 2 aromatic rings. The van der Waals surface area contributed by atoms with Gasteiger partial charge in [0.25, 0.3) is 0 Å². The van der Waals surface area contributed by atoms with Gasteiger partial charge < -0.3 is 0 Å². The van der Waals surface area contributed by atoms with Gasteiger partial charge in [-0.2, -0.15) is 4.99 Å². The standard InChI is InChI=1S/C14H9NO/c16-9-15-13-8-7-11-6-5-10-3-1-2-4-12(10)14(11)13/h1-8,13H. The molecule has 0 saturated heterocycles. The molecule has 0 fully saturated rings. The lowest BCUT2D eigenvalue weighted by Crippen LogP contribution is -1.91. The third-order valence-corrected chi connectivity index (χ3v) is 2.95. The molecule has 2 aromatic carbocycles. The molecule has 1 aliphatic carbocycles. The second kappa shape index (κ2) is 3.44. The van der Waals surface area contributed by atoms with Crippen LogP contribution in [-0.4, -0.2) is 6.08 Å². The van der Waals surface area contributed by atoms with Gasteiger partial charge in [0, 0.05) is 0 Å². The summed E-state index contributed by atoms with van der Waals surface area (Å²) in [5.74, 6) is 0. The van der Waals surface area contributed by atoms with E-state index in [-0.39, 0.29) is 6.04 Å². The minimum Gasteiger partial charge on any atom is -0.211 e. The summed E-state index contributed by atoms with van der Waals surface area (Å²) in [5, 5.41) is 2.34. The SMILES string of the molecule is O=C=NC1C=Cc2ccc3ccccc3c21. The molecule has 0 N–H and O–H groups in total. The van der Waals surface area contributed by atoms with Gasteiger partial charge >= 0.3 is 0 Å². The first-order valence-electron chi connectivity index (χ1n) is 5.17. The Morgan fingerprint density at radius 3 is 2.88 bits per heavy atom. The monoisotopic (exact) mass is 207 g/mol. The summed E-state index contributed by atoms with van der Waals surface area (Å²) in [7, 11) is 0. The highest BCUT2D eigenvalue weighted by Gasteiger charge is 2.18. The molecule has 1 aliphatic rings. The van der Waals surface area contributed by atoms with Crippen LogP contribution in [0.1, 0.15) is 17.2 Å². The molecule has 0 radical (unpaired) electrons. The first kappa shape index (κ1) is 9.08. The molecule has 0 aliphatic heterocycles. The number of carbonyl (C=O) groups excluding carboxylic acids is 1. The van der Waals surface area contributed by atoms with Crippen LogP contribution < -0.4 is 0 Å². The van der Waals surface area contributed by atoms with E-state index in [0.717, 1.165) is 16.5 Å². The van der Waals surface area contributed by atoms with Crippen LogP contribution in [0.3, 0.4) is 0 Å². The Kier molecular flexibility index (Phi) is 1.95. The molecule has 2 nitrogen and oxygen atoms in total. The third-order valence-electron chi connectivity index (χ3n) is 2.95. The summed E-state index contributed by atoms with van der Waals surface area (Å²) in [5.41, 5.74) is 2.25. The molecule has 2 heteroatoms. The van der Waals surface area contributed by atoms with E-state index in [1.165, 1.54) is 5.39 Å². The predicted molar refractivity (Wildman–Crippen MR) is 63.8 cm³/mol. The fourth-order valence-corrected chi connectivity index (χ4v) is 2.24. The number of hydrogen-bond donors (Lipinski definition) is 0. The van der Waals surface area contributed by atoms with Crippen LogP contribution in [0.5, 0.6) is 0 Å². The molecular formula is C14H9NO. The van der Waals surface area contributed by atoms with Gasteiger partial charge in [-0.3, -0.25) is 0 Å².